The quantitative estimate of drug-likeness (QED) is 0.374. The Bertz CT molecular complexity index is 1050. The summed E-state index contributed by atoms with van der Waals surface area (Å²) >= 11 is 0. The Morgan fingerprint density at radius 3 is 2.75 bits per heavy atom. The summed E-state index contributed by atoms with van der Waals surface area (Å²) < 4.78 is 5.11. The SMILES string of the molecule is COc1ccc(C=CC=C(C#N)C(=O)NCCc2c[nH]c3ccccc23)cc1. The molecule has 0 bridgehead atoms. The molecule has 140 valence electrons. The second kappa shape index (κ2) is 9.24. The van der Waals surface area contributed by atoms with Crippen molar-refractivity contribution in [2.24, 2.45) is 0 Å². The van der Waals surface area contributed by atoms with Crippen molar-refractivity contribution in [3.8, 4) is 11.8 Å². The van der Waals surface area contributed by atoms with Crippen molar-refractivity contribution in [2.75, 3.05) is 13.7 Å². The summed E-state index contributed by atoms with van der Waals surface area (Å²) in [5, 5.41) is 13.2. The zero-order valence-electron chi connectivity index (χ0n) is 15.6. The Kier molecular flexibility index (Phi) is 6.27. The van der Waals surface area contributed by atoms with Crippen LogP contribution in [0.2, 0.25) is 0 Å². The Morgan fingerprint density at radius 2 is 2.00 bits per heavy atom. The van der Waals surface area contributed by atoms with Gasteiger partial charge in [-0.05, 0) is 41.8 Å². The lowest BCUT2D eigenvalue weighted by Crippen LogP contribution is -2.26. The maximum Gasteiger partial charge on any atom is 0.261 e. The third kappa shape index (κ3) is 4.68. The van der Waals surface area contributed by atoms with Crippen molar-refractivity contribution >= 4 is 22.9 Å². The molecule has 0 saturated heterocycles. The normalized spacial score (nSPS) is 11.5. The van der Waals surface area contributed by atoms with Crippen LogP contribution in [0.15, 0.2) is 72.5 Å². The molecule has 3 aromatic rings. The predicted molar refractivity (Wildman–Crippen MR) is 111 cm³/mol. The third-order valence-corrected chi connectivity index (χ3v) is 4.39. The van der Waals surface area contributed by atoms with Crippen LogP contribution in [0.25, 0.3) is 17.0 Å². The number of allylic oxidation sites excluding steroid dienone is 2. The number of fused-ring (bicyclic) bond motifs is 1. The maximum absolute atomic E-state index is 12.2. The van der Waals surface area contributed by atoms with Crippen LogP contribution >= 0.6 is 0 Å². The van der Waals surface area contributed by atoms with Crippen molar-refractivity contribution < 1.29 is 9.53 Å². The number of hydrogen-bond acceptors (Lipinski definition) is 3. The molecule has 1 heterocycles. The number of H-pyrrole nitrogens is 1. The van der Waals surface area contributed by atoms with Crippen LogP contribution in [0.4, 0.5) is 0 Å². The largest absolute Gasteiger partial charge is 0.497 e. The molecular formula is C23H21N3O2. The average Bonchev–Trinajstić information content (AvgIpc) is 3.15. The Morgan fingerprint density at radius 1 is 1.21 bits per heavy atom. The number of nitrogens with zero attached hydrogens (tertiary/aromatic N) is 1. The molecule has 2 N–H and O–H groups in total. The van der Waals surface area contributed by atoms with E-state index >= 15 is 0 Å². The molecule has 2 aromatic carbocycles. The smallest absolute Gasteiger partial charge is 0.261 e. The van der Waals surface area contributed by atoms with E-state index in [-0.39, 0.29) is 11.5 Å². The van der Waals surface area contributed by atoms with Gasteiger partial charge in [0.15, 0.2) is 0 Å². The van der Waals surface area contributed by atoms with Crippen LogP contribution in [0.1, 0.15) is 11.1 Å². The molecule has 0 atom stereocenters. The maximum atomic E-state index is 12.2. The fourth-order valence-electron chi connectivity index (χ4n) is 2.88. The van der Waals surface area contributed by atoms with E-state index in [2.05, 4.69) is 10.3 Å². The first-order valence-corrected chi connectivity index (χ1v) is 8.97. The number of aromatic nitrogens is 1. The fraction of sp³-hybridized carbons (Fsp3) is 0.130. The van der Waals surface area contributed by atoms with Gasteiger partial charge in [0.2, 0.25) is 0 Å². The molecule has 0 fully saturated rings. The molecule has 1 amide bonds. The summed E-state index contributed by atoms with van der Waals surface area (Å²) in [5.41, 5.74) is 3.24. The van der Waals surface area contributed by atoms with Crippen LogP contribution in [-0.2, 0) is 11.2 Å². The molecule has 3 rings (SSSR count). The Balaban J connectivity index is 1.56. The van der Waals surface area contributed by atoms with Crippen LogP contribution in [-0.4, -0.2) is 24.5 Å². The van der Waals surface area contributed by atoms with Crippen molar-refractivity contribution in [1.82, 2.24) is 10.3 Å². The Labute approximate surface area is 164 Å². The lowest BCUT2D eigenvalue weighted by atomic mass is 10.1. The van der Waals surface area contributed by atoms with Crippen LogP contribution in [0.3, 0.4) is 0 Å². The highest BCUT2D eigenvalue weighted by Crippen LogP contribution is 2.17. The van der Waals surface area contributed by atoms with Crippen LogP contribution < -0.4 is 10.1 Å². The zero-order chi connectivity index (χ0) is 19.8. The highest BCUT2D eigenvalue weighted by atomic mass is 16.5. The number of amides is 1. The number of hydrogen-bond donors (Lipinski definition) is 2. The number of nitriles is 1. The van der Waals surface area contributed by atoms with Gasteiger partial charge in [-0.3, -0.25) is 4.79 Å². The summed E-state index contributed by atoms with van der Waals surface area (Å²) in [6.45, 7) is 0.460. The van der Waals surface area contributed by atoms with Gasteiger partial charge in [0, 0.05) is 23.6 Å². The second-order valence-corrected chi connectivity index (χ2v) is 6.19. The molecule has 1 aromatic heterocycles. The van der Waals surface area contributed by atoms with Gasteiger partial charge >= 0.3 is 0 Å². The van der Waals surface area contributed by atoms with Crippen LogP contribution in [0, 0.1) is 11.3 Å². The highest BCUT2D eigenvalue weighted by molar-refractivity contribution is 5.97. The number of nitrogens with one attached hydrogen (secondary N) is 2. The van der Waals surface area contributed by atoms with E-state index in [0.717, 1.165) is 27.8 Å². The summed E-state index contributed by atoms with van der Waals surface area (Å²) in [6.07, 6.45) is 7.69. The number of ether oxygens (including phenoxy) is 1. The minimum atomic E-state index is -0.373. The molecule has 0 spiro atoms. The molecule has 0 radical (unpaired) electrons. The molecule has 0 saturated carbocycles. The zero-order valence-corrected chi connectivity index (χ0v) is 15.6. The number of carbonyl (C=O) groups is 1. The van der Waals surface area contributed by atoms with Crippen molar-refractivity contribution in [1.29, 1.82) is 5.26 Å². The number of methoxy groups -OCH3 is 1. The van der Waals surface area contributed by atoms with E-state index in [1.807, 2.05) is 66.9 Å². The standard InChI is InChI=1S/C23H21N3O2/c1-28-20-11-9-17(10-12-20)5-4-6-18(15-24)23(27)25-14-13-19-16-26-22-8-3-2-7-21(19)22/h2-12,16,26H,13-14H2,1H3,(H,25,27). The minimum Gasteiger partial charge on any atom is -0.497 e. The van der Waals surface area contributed by atoms with Gasteiger partial charge in [-0.15, -0.1) is 0 Å². The monoisotopic (exact) mass is 371 g/mol. The van der Waals surface area contributed by atoms with Gasteiger partial charge in [-0.1, -0.05) is 42.5 Å². The van der Waals surface area contributed by atoms with E-state index in [1.165, 1.54) is 6.08 Å². The van der Waals surface area contributed by atoms with E-state index in [1.54, 1.807) is 13.2 Å². The molecule has 0 unspecified atom stereocenters. The first-order chi connectivity index (χ1) is 13.7. The second-order valence-electron chi connectivity index (χ2n) is 6.19. The first kappa shape index (κ1) is 19.0. The lowest BCUT2D eigenvalue weighted by molar-refractivity contribution is -0.117. The third-order valence-electron chi connectivity index (χ3n) is 4.39. The van der Waals surface area contributed by atoms with E-state index in [0.29, 0.717) is 13.0 Å². The summed E-state index contributed by atoms with van der Waals surface area (Å²) in [7, 11) is 1.61. The van der Waals surface area contributed by atoms with Crippen molar-refractivity contribution in [3.05, 3.63) is 83.6 Å². The van der Waals surface area contributed by atoms with Crippen molar-refractivity contribution in [2.45, 2.75) is 6.42 Å². The van der Waals surface area contributed by atoms with Crippen molar-refractivity contribution in [3.63, 3.8) is 0 Å². The van der Waals surface area contributed by atoms with Gasteiger partial charge in [-0.2, -0.15) is 5.26 Å². The lowest BCUT2D eigenvalue weighted by Gasteiger charge is -2.03. The average molecular weight is 371 g/mol. The molecule has 5 heteroatoms. The van der Waals surface area contributed by atoms with E-state index < -0.39 is 0 Å². The molecule has 0 aliphatic rings. The fourth-order valence-corrected chi connectivity index (χ4v) is 2.88. The highest BCUT2D eigenvalue weighted by Gasteiger charge is 2.08. The van der Waals surface area contributed by atoms with E-state index in [4.69, 9.17) is 4.74 Å². The van der Waals surface area contributed by atoms with Gasteiger partial charge in [-0.25, -0.2) is 0 Å². The topological polar surface area (TPSA) is 77.9 Å². The van der Waals surface area contributed by atoms with Gasteiger partial charge in [0.25, 0.3) is 5.91 Å². The van der Waals surface area contributed by atoms with E-state index in [9.17, 15) is 10.1 Å². The predicted octanol–water partition coefficient (Wildman–Crippen LogP) is 4.00. The van der Waals surface area contributed by atoms with Gasteiger partial charge < -0.3 is 15.0 Å². The number of carbonyl (C=O) groups excluding carboxylic acids is 1. The molecular weight excluding hydrogens is 350 g/mol. The summed E-state index contributed by atoms with van der Waals surface area (Å²) in [5.74, 6) is 0.404. The number of rotatable bonds is 7. The molecule has 5 nitrogen and oxygen atoms in total. The van der Waals surface area contributed by atoms with Gasteiger partial charge in [0.1, 0.15) is 17.4 Å². The van der Waals surface area contributed by atoms with Gasteiger partial charge in [0.05, 0.1) is 7.11 Å². The molecule has 0 aliphatic carbocycles. The number of aromatic amines is 1. The number of para-hydroxylation sites is 1. The van der Waals surface area contributed by atoms with Crippen LogP contribution in [0.5, 0.6) is 5.75 Å². The summed E-state index contributed by atoms with van der Waals surface area (Å²) in [6, 6.07) is 17.5. The summed E-state index contributed by atoms with van der Waals surface area (Å²) in [4.78, 5) is 15.4. The minimum absolute atomic E-state index is 0.0729. The Hall–Kier alpha value is -3.78. The first-order valence-electron chi connectivity index (χ1n) is 8.97. The number of benzene rings is 2. The molecule has 0 aliphatic heterocycles. The molecule has 28 heavy (non-hydrogen) atoms.